The molecule has 0 aromatic carbocycles. The summed E-state index contributed by atoms with van der Waals surface area (Å²) in [4.78, 5) is 27.0. The first kappa shape index (κ1) is 15.5. The van der Waals surface area contributed by atoms with Crippen molar-refractivity contribution in [3.63, 3.8) is 0 Å². The highest BCUT2D eigenvalue weighted by Gasteiger charge is 2.38. The first-order valence-electron chi connectivity index (χ1n) is 8.35. The molecule has 114 valence electrons. The molecule has 1 heterocycles. The fraction of sp³-hybridized carbons (Fsp3) is 0.882. The van der Waals surface area contributed by atoms with E-state index in [1.165, 1.54) is 0 Å². The number of rotatable bonds is 3. The number of hydrogen-bond donors (Lipinski definition) is 0. The van der Waals surface area contributed by atoms with E-state index in [-0.39, 0.29) is 23.8 Å². The number of nitrogens with zero attached hydrogens (tertiary/aromatic N) is 1. The fourth-order valence-corrected chi connectivity index (χ4v) is 3.61. The van der Waals surface area contributed by atoms with E-state index in [2.05, 4.69) is 18.7 Å². The molecule has 0 bridgehead atoms. The molecule has 3 nitrogen and oxygen atoms in total. The zero-order chi connectivity index (χ0) is 14.7. The van der Waals surface area contributed by atoms with Crippen LogP contribution in [0.15, 0.2) is 0 Å². The molecule has 20 heavy (non-hydrogen) atoms. The molecule has 3 heteroatoms. The van der Waals surface area contributed by atoms with Gasteiger partial charge >= 0.3 is 0 Å². The molecule has 1 aliphatic heterocycles. The molecule has 1 amide bonds. The monoisotopic (exact) mass is 279 g/mol. The summed E-state index contributed by atoms with van der Waals surface area (Å²) in [6, 6.07) is 0.185. The average molecular weight is 279 g/mol. The molecular formula is C17H29NO2. The van der Waals surface area contributed by atoms with E-state index in [9.17, 15) is 9.59 Å². The molecule has 0 aromatic heterocycles. The lowest BCUT2D eigenvalue weighted by Gasteiger charge is -2.42. The van der Waals surface area contributed by atoms with Crippen LogP contribution in [0.2, 0.25) is 0 Å². The molecule has 3 unspecified atom stereocenters. The predicted octanol–water partition coefficient (Wildman–Crippen LogP) is 3.42. The van der Waals surface area contributed by atoms with Gasteiger partial charge in [-0.1, -0.05) is 27.2 Å². The van der Waals surface area contributed by atoms with Gasteiger partial charge in [-0.25, -0.2) is 0 Å². The Hall–Kier alpha value is -0.860. The largest absolute Gasteiger partial charge is 0.339 e. The van der Waals surface area contributed by atoms with E-state index >= 15 is 0 Å². The second kappa shape index (κ2) is 6.73. The number of carbonyl (C=O) groups excluding carboxylic acids is 2. The van der Waals surface area contributed by atoms with E-state index in [0.29, 0.717) is 11.7 Å². The third kappa shape index (κ3) is 3.24. The van der Waals surface area contributed by atoms with Crippen LogP contribution in [0.25, 0.3) is 0 Å². The van der Waals surface area contributed by atoms with Gasteiger partial charge in [-0.2, -0.15) is 0 Å². The maximum atomic E-state index is 12.7. The van der Waals surface area contributed by atoms with Gasteiger partial charge in [0.05, 0.1) is 0 Å². The lowest BCUT2D eigenvalue weighted by Crippen LogP contribution is -2.52. The van der Waals surface area contributed by atoms with Crippen molar-refractivity contribution in [1.82, 2.24) is 4.90 Å². The Bertz CT molecular complexity index is 364. The molecule has 2 fully saturated rings. The summed E-state index contributed by atoms with van der Waals surface area (Å²) >= 11 is 0. The Morgan fingerprint density at radius 2 is 1.80 bits per heavy atom. The van der Waals surface area contributed by atoms with Gasteiger partial charge in [0, 0.05) is 30.8 Å². The van der Waals surface area contributed by atoms with Crippen LogP contribution < -0.4 is 0 Å². The number of ketones is 1. The summed E-state index contributed by atoms with van der Waals surface area (Å²) in [5.74, 6) is 1.22. The molecule has 2 rings (SSSR count). The minimum atomic E-state index is 0.0642. The van der Waals surface area contributed by atoms with E-state index in [1.807, 2.05) is 6.92 Å². The first-order valence-corrected chi connectivity index (χ1v) is 8.35. The number of Topliss-reactive ketones (excluding diaryl/α,β-unsaturated/α-hetero) is 1. The molecule has 3 atom stereocenters. The van der Waals surface area contributed by atoms with Gasteiger partial charge in [0.2, 0.25) is 5.91 Å². The zero-order valence-corrected chi connectivity index (χ0v) is 13.2. The standard InChI is InChI=1S/C17H29NO2/c1-12(2)13(3)17(20)18-11-7-6-9-15(18)14-8-4-5-10-16(14)19/h12-15H,4-11H2,1-3H3. The third-order valence-electron chi connectivity index (χ3n) is 5.29. The second-order valence-electron chi connectivity index (χ2n) is 6.95. The minimum Gasteiger partial charge on any atom is -0.339 e. The second-order valence-corrected chi connectivity index (χ2v) is 6.95. The van der Waals surface area contributed by atoms with Crippen molar-refractivity contribution in [2.24, 2.45) is 17.8 Å². The highest BCUT2D eigenvalue weighted by Crippen LogP contribution is 2.33. The highest BCUT2D eigenvalue weighted by molar-refractivity contribution is 5.84. The average Bonchev–Trinajstić information content (AvgIpc) is 2.46. The summed E-state index contributed by atoms with van der Waals surface area (Å²) in [5, 5.41) is 0. The van der Waals surface area contributed by atoms with Crippen LogP contribution in [0.3, 0.4) is 0 Å². The Labute approximate surface area is 123 Å². The topological polar surface area (TPSA) is 37.4 Å². The van der Waals surface area contributed by atoms with Crippen molar-refractivity contribution in [2.75, 3.05) is 6.54 Å². The van der Waals surface area contributed by atoms with Crippen LogP contribution in [0.5, 0.6) is 0 Å². The maximum Gasteiger partial charge on any atom is 0.225 e. The molecule has 0 aromatic rings. The highest BCUT2D eigenvalue weighted by atomic mass is 16.2. The van der Waals surface area contributed by atoms with Crippen LogP contribution in [-0.2, 0) is 9.59 Å². The van der Waals surface area contributed by atoms with Gasteiger partial charge in [0.25, 0.3) is 0 Å². The molecule has 2 aliphatic rings. The molecular weight excluding hydrogens is 250 g/mol. The normalized spacial score (nSPS) is 29.6. The van der Waals surface area contributed by atoms with Crippen molar-refractivity contribution < 1.29 is 9.59 Å². The number of carbonyl (C=O) groups is 2. The quantitative estimate of drug-likeness (QED) is 0.794. The van der Waals surface area contributed by atoms with E-state index in [0.717, 1.165) is 51.5 Å². The SMILES string of the molecule is CC(C)C(C)C(=O)N1CCCCC1C1CCCCC1=O. The van der Waals surface area contributed by atoms with Crippen LogP contribution in [-0.4, -0.2) is 29.2 Å². The fourth-order valence-electron chi connectivity index (χ4n) is 3.61. The van der Waals surface area contributed by atoms with Gasteiger partial charge in [0.1, 0.15) is 5.78 Å². The lowest BCUT2D eigenvalue weighted by molar-refractivity contribution is -0.144. The van der Waals surface area contributed by atoms with Gasteiger partial charge < -0.3 is 4.90 Å². The summed E-state index contributed by atoms with van der Waals surface area (Å²) in [6.45, 7) is 7.09. The Morgan fingerprint density at radius 1 is 1.10 bits per heavy atom. The van der Waals surface area contributed by atoms with Crippen LogP contribution in [0, 0.1) is 17.8 Å². The number of likely N-dealkylation sites (tertiary alicyclic amines) is 1. The van der Waals surface area contributed by atoms with Gasteiger partial charge in [-0.3, -0.25) is 9.59 Å². The number of piperidine rings is 1. The minimum absolute atomic E-state index is 0.0642. The summed E-state index contributed by atoms with van der Waals surface area (Å²) in [7, 11) is 0. The molecule has 1 saturated heterocycles. The number of amides is 1. The summed E-state index contributed by atoms with van der Waals surface area (Å²) in [5.41, 5.74) is 0. The van der Waals surface area contributed by atoms with Crippen molar-refractivity contribution >= 4 is 11.7 Å². The Morgan fingerprint density at radius 3 is 2.45 bits per heavy atom. The summed E-state index contributed by atoms with van der Waals surface area (Å²) in [6.07, 6.45) is 7.18. The first-order chi connectivity index (χ1) is 9.52. The molecule has 1 aliphatic carbocycles. The van der Waals surface area contributed by atoms with Crippen molar-refractivity contribution in [3.8, 4) is 0 Å². The van der Waals surface area contributed by atoms with Crippen molar-refractivity contribution in [1.29, 1.82) is 0 Å². The predicted molar refractivity (Wildman–Crippen MR) is 80.3 cm³/mol. The van der Waals surface area contributed by atoms with E-state index < -0.39 is 0 Å². The molecule has 0 N–H and O–H groups in total. The van der Waals surface area contributed by atoms with E-state index in [4.69, 9.17) is 0 Å². The third-order valence-corrected chi connectivity index (χ3v) is 5.29. The van der Waals surface area contributed by atoms with Crippen molar-refractivity contribution in [3.05, 3.63) is 0 Å². The van der Waals surface area contributed by atoms with Gasteiger partial charge in [0.15, 0.2) is 0 Å². The van der Waals surface area contributed by atoms with Gasteiger partial charge in [-0.05, 0) is 38.0 Å². The zero-order valence-electron chi connectivity index (χ0n) is 13.2. The Kier molecular flexibility index (Phi) is 5.22. The molecule has 1 saturated carbocycles. The Balaban J connectivity index is 2.12. The smallest absolute Gasteiger partial charge is 0.225 e. The van der Waals surface area contributed by atoms with Crippen LogP contribution >= 0.6 is 0 Å². The summed E-state index contributed by atoms with van der Waals surface area (Å²) < 4.78 is 0. The lowest BCUT2D eigenvalue weighted by atomic mass is 9.78. The van der Waals surface area contributed by atoms with Gasteiger partial charge in [-0.15, -0.1) is 0 Å². The molecule has 0 spiro atoms. The maximum absolute atomic E-state index is 12.7. The number of hydrogen-bond acceptors (Lipinski definition) is 2. The van der Waals surface area contributed by atoms with E-state index in [1.54, 1.807) is 0 Å². The molecule has 0 radical (unpaired) electrons. The van der Waals surface area contributed by atoms with Crippen molar-refractivity contribution in [2.45, 2.75) is 71.8 Å². The van der Waals surface area contributed by atoms with Crippen LogP contribution in [0.4, 0.5) is 0 Å². The van der Waals surface area contributed by atoms with Crippen LogP contribution in [0.1, 0.15) is 65.7 Å².